The molecule has 0 saturated carbocycles. The molecule has 0 fully saturated rings. The minimum absolute atomic E-state index is 0.00200. The van der Waals surface area contributed by atoms with E-state index in [4.69, 9.17) is 23.7 Å². The molecule has 0 spiro atoms. The van der Waals surface area contributed by atoms with Gasteiger partial charge in [-0.1, -0.05) is 55.5 Å². The average Bonchev–Trinajstić information content (AvgIpc) is 3.71. The van der Waals surface area contributed by atoms with Crippen LogP contribution in [-0.2, 0) is 71.7 Å². The third kappa shape index (κ3) is 13.0. The number of alkyl halides is 3. The summed E-state index contributed by atoms with van der Waals surface area (Å²) >= 11 is 0. The molecule has 4 aromatic carbocycles. The zero-order valence-electron chi connectivity index (χ0n) is 35.2. The molecule has 17 nitrogen and oxygen atoms in total. The van der Waals surface area contributed by atoms with Crippen LogP contribution in [0.25, 0.3) is 11.0 Å². The van der Waals surface area contributed by atoms with Crippen LogP contribution in [-0.4, -0.2) is 106 Å². The standard InChI is InChI=1S/C43H40F3N3O14S4/c1-2-33-35(47-20-19-37(33)63-29-43(44,45)46)28-64(52)42-48-34-15-9-10-16-36(34)49(42)67(57,58)32-17-18-38(61-26-40(50)59-21-23-65(53,54)30-11-5-3-6-12-30)39(25-32)62-27-41(51)60-22-24-66(55,56)31-13-7-4-8-14-31/h3-20,25H,2,21-24,26-29H2,1H3. The summed E-state index contributed by atoms with van der Waals surface area (Å²) in [6, 6.07) is 25.1. The van der Waals surface area contributed by atoms with Crippen molar-refractivity contribution in [2.24, 2.45) is 0 Å². The Balaban J connectivity index is 1.26. The van der Waals surface area contributed by atoms with E-state index in [1.807, 2.05) is 0 Å². The molecular formula is C43H40F3N3O14S4. The van der Waals surface area contributed by atoms with E-state index in [1.54, 1.807) is 25.1 Å². The van der Waals surface area contributed by atoms with Gasteiger partial charge in [-0.15, -0.1) is 0 Å². The summed E-state index contributed by atoms with van der Waals surface area (Å²) in [5.41, 5.74) is 0.351. The van der Waals surface area contributed by atoms with Gasteiger partial charge in [0.05, 0.1) is 59.5 Å². The molecule has 0 radical (unpaired) electrons. The Bertz CT molecular complexity index is 3100. The molecule has 24 heteroatoms. The van der Waals surface area contributed by atoms with E-state index in [-0.39, 0.29) is 50.0 Å². The first kappa shape index (κ1) is 50.1. The molecule has 0 bridgehead atoms. The predicted molar refractivity (Wildman–Crippen MR) is 234 cm³/mol. The van der Waals surface area contributed by atoms with Gasteiger partial charge in [-0.2, -0.15) is 13.2 Å². The van der Waals surface area contributed by atoms with Gasteiger partial charge in [0, 0.05) is 17.8 Å². The van der Waals surface area contributed by atoms with Crippen molar-refractivity contribution in [1.82, 2.24) is 13.9 Å². The lowest BCUT2D eigenvalue weighted by atomic mass is 10.1. The second-order valence-corrected chi connectivity index (χ2v) is 21.4. The maximum absolute atomic E-state index is 14.6. The lowest BCUT2D eigenvalue weighted by molar-refractivity contribution is -0.153. The number of pyridine rings is 1. The fraction of sp³-hybridized carbons (Fsp3) is 0.256. The Hall–Kier alpha value is -6.37. The molecule has 0 aliphatic rings. The highest BCUT2D eigenvalue weighted by Crippen LogP contribution is 2.34. The minimum atomic E-state index is -4.83. The largest absolute Gasteiger partial charge is 0.484 e. The number of halogens is 3. The number of ether oxygens (including phenoxy) is 5. The fourth-order valence-electron chi connectivity index (χ4n) is 6.22. The number of hydrogen-bond donors (Lipinski definition) is 0. The number of para-hydroxylation sites is 2. The summed E-state index contributed by atoms with van der Waals surface area (Å²) in [7, 11) is -14.8. The third-order valence-electron chi connectivity index (χ3n) is 9.39. The van der Waals surface area contributed by atoms with E-state index in [0.717, 1.165) is 18.2 Å². The molecular weight excluding hydrogens is 968 g/mol. The number of carbonyl (C=O) groups is 2. The van der Waals surface area contributed by atoms with Gasteiger partial charge in [0.25, 0.3) is 10.0 Å². The van der Waals surface area contributed by atoms with E-state index >= 15 is 0 Å². The third-order valence-corrected chi connectivity index (χ3v) is 15.8. The van der Waals surface area contributed by atoms with Crippen molar-refractivity contribution in [3.8, 4) is 17.2 Å². The van der Waals surface area contributed by atoms with Crippen molar-refractivity contribution in [3.63, 3.8) is 0 Å². The number of benzene rings is 4. The van der Waals surface area contributed by atoms with Gasteiger partial charge < -0.3 is 23.7 Å². The van der Waals surface area contributed by atoms with Crippen molar-refractivity contribution in [2.75, 3.05) is 44.5 Å². The first-order valence-corrected chi connectivity index (χ1v) is 25.9. The van der Waals surface area contributed by atoms with Gasteiger partial charge in [-0.05, 0) is 61.0 Å². The Labute approximate surface area is 385 Å². The monoisotopic (exact) mass is 1010 g/mol. The normalized spacial score (nSPS) is 12.6. The summed E-state index contributed by atoms with van der Waals surface area (Å²) in [4.78, 5) is 33.5. The Morgan fingerprint density at radius 3 is 1.79 bits per heavy atom. The number of carbonyl (C=O) groups excluding carboxylic acids is 2. The quantitative estimate of drug-likeness (QED) is 0.0789. The lowest BCUT2D eigenvalue weighted by Crippen LogP contribution is -2.22. The predicted octanol–water partition coefficient (Wildman–Crippen LogP) is 5.27. The van der Waals surface area contributed by atoms with Crippen LogP contribution in [0.2, 0.25) is 0 Å². The molecule has 356 valence electrons. The van der Waals surface area contributed by atoms with Gasteiger partial charge >= 0.3 is 18.1 Å². The van der Waals surface area contributed by atoms with Crippen molar-refractivity contribution in [1.29, 1.82) is 0 Å². The van der Waals surface area contributed by atoms with Gasteiger partial charge in [0.15, 0.2) is 51.0 Å². The molecule has 6 rings (SSSR count). The number of sulfone groups is 2. The Morgan fingerprint density at radius 2 is 1.22 bits per heavy atom. The minimum Gasteiger partial charge on any atom is -0.484 e. The summed E-state index contributed by atoms with van der Waals surface area (Å²) in [5.74, 6) is -4.63. The number of esters is 2. The molecule has 6 aromatic rings. The molecule has 2 heterocycles. The van der Waals surface area contributed by atoms with E-state index in [1.165, 1.54) is 79.0 Å². The van der Waals surface area contributed by atoms with Crippen LogP contribution in [0.1, 0.15) is 18.2 Å². The van der Waals surface area contributed by atoms with Crippen LogP contribution in [0.4, 0.5) is 13.2 Å². The van der Waals surface area contributed by atoms with E-state index in [2.05, 4.69) is 9.97 Å². The molecule has 0 aliphatic carbocycles. The average molecular weight is 1010 g/mol. The number of rotatable bonds is 22. The number of imidazole rings is 1. The number of aromatic nitrogens is 3. The van der Waals surface area contributed by atoms with Crippen LogP contribution in [0.15, 0.2) is 135 Å². The molecule has 0 aliphatic heterocycles. The first-order valence-electron chi connectivity index (χ1n) is 19.8. The number of hydrogen-bond acceptors (Lipinski definition) is 16. The maximum atomic E-state index is 14.6. The molecule has 2 aromatic heterocycles. The van der Waals surface area contributed by atoms with E-state index < -0.39 is 125 Å². The maximum Gasteiger partial charge on any atom is 0.422 e. The van der Waals surface area contributed by atoms with Crippen LogP contribution in [0.5, 0.6) is 17.2 Å². The molecule has 0 saturated heterocycles. The highest BCUT2D eigenvalue weighted by molar-refractivity contribution is 7.92. The number of fused-ring (bicyclic) bond motifs is 1. The van der Waals surface area contributed by atoms with Gasteiger partial charge in [-0.3, -0.25) is 9.19 Å². The first-order chi connectivity index (χ1) is 31.8. The van der Waals surface area contributed by atoms with Crippen LogP contribution in [0, 0.1) is 0 Å². The molecule has 67 heavy (non-hydrogen) atoms. The van der Waals surface area contributed by atoms with Crippen LogP contribution >= 0.6 is 0 Å². The summed E-state index contributed by atoms with van der Waals surface area (Å²) in [6.07, 6.45) is -3.36. The zero-order valence-corrected chi connectivity index (χ0v) is 38.4. The van der Waals surface area contributed by atoms with Crippen molar-refractivity contribution < 1.29 is 75.9 Å². The molecule has 0 N–H and O–H groups in total. The van der Waals surface area contributed by atoms with Crippen LogP contribution in [0.3, 0.4) is 0 Å². The Kier molecular flexibility index (Phi) is 16.1. The fourth-order valence-corrected chi connectivity index (χ4v) is 11.5. The zero-order chi connectivity index (χ0) is 48.4. The van der Waals surface area contributed by atoms with Gasteiger partial charge in [-0.25, -0.2) is 43.8 Å². The molecule has 1 unspecified atom stereocenters. The summed E-state index contributed by atoms with van der Waals surface area (Å²) in [6.45, 7) is -2.86. The molecule has 0 amide bonds. The SMILES string of the molecule is CCc1c(OCC(F)(F)F)ccnc1CS(=O)c1nc2ccccc2n1S(=O)(=O)c1ccc(OCC(=O)OCCS(=O)(=O)c2ccccc2)c(OCC(=O)OCCS(=O)(=O)c2ccccc2)c1. The topological polar surface area (TPSA) is 230 Å². The highest BCUT2D eigenvalue weighted by atomic mass is 32.2. The molecule has 1 atom stereocenters. The van der Waals surface area contributed by atoms with Gasteiger partial charge in [0.1, 0.15) is 19.0 Å². The number of nitrogens with zero attached hydrogens (tertiary/aromatic N) is 3. The van der Waals surface area contributed by atoms with Crippen molar-refractivity contribution >= 4 is 63.5 Å². The van der Waals surface area contributed by atoms with Crippen molar-refractivity contribution in [3.05, 3.63) is 127 Å². The summed E-state index contributed by atoms with van der Waals surface area (Å²) < 4.78 is 160. The smallest absolute Gasteiger partial charge is 0.422 e. The Morgan fingerprint density at radius 1 is 0.672 bits per heavy atom. The van der Waals surface area contributed by atoms with E-state index in [9.17, 15) is 52.2 Å². The van der Waals surface area contributed by atoms with Crippen molar-refractivity contribution in [2.45, 2.75) is 45.1 Å². The second kappa shape index (κ2) is 21.5. The second-order valence-electron chi connectivity index (χ2n) is 14.0. The van der Waals surface area contributed by atoms with E-state index in [0.29, 0.717) is 3.97 Å². The lowest BCUT2D eigenvalue weighted by Gasteiger charge is -2.16. The summed E-state index contributed by atoms with van der Waals surface area (Å²) in [5, 5.41) is -0.486. The highest BCUT2D eigenvalue weighted by Gasteiger charge is 2.31. The van der Waals surface area contributed by atoms with Gasteiger partial charge in [0.2, 0.25) is 5.16 Å². The van der Waals surface area contributed by atoms with Crippen LogP contribution < -0.4 is 14.2 Å².